The second-order valence-corrected chi connectivity index (χ2v) is 6.36. The Morgan fingerprint density at radius 2 is 1.96 bits per heavy atom. The van der Waals surface area contributed by atoms with Gasteiger partial charge in [-0.1, -0.05) is 34.6 Å². The van der Waals surface area contributed by atoms with Crippen LogP contribution < -0.4 is 0 Å². The molecule has 1 fully saturated rings. The van der Waals surface area contributed by atoms with Crippen LogP contribution in [0.2, 0.25) is 0 Å². The Hall–Kier alpha value is -2.91. The Balaban J connectivity index is 1.56. The molecule has 1 aromatic heterocycles. The standard InChI is InChI=1S/C17H17F3N4O3/c1-10(2)26-22-13-8-24(9-13)14(25)7-11-3-5-12(6-4-11)15-21-16(27-23-15)17(18,19)20/h3-6,10H,7-9H2,1-2H3. The van der Waals surface area contributed by atoms with Crippen molar-refractivity contribution in [2.75, 3.05) is 13.1 Å². The van der Waals surface area contributed by atoms with E-state index >= 15 is 0 Å². The molecule has 27 heavy (non-hydrogen) atoms. The Morgan fingerprint density at radius 3 is 2.52 bits per heavy atom. The van der Waals surface area contributed by atoms with Gasteiger partial charge in [0.25, 0.3) is 0 Å². The van der Waals surface area contributed by atoms with Crippen molar-refractivity contribution in [2.45, 2.75) is 32.5 Å². The van der Waals surface area contributed by atoms with Crippen LogP contribution >= 0.6 is 0 Å². The van der Waals surface area contributed by atoms with E-state index in [1.54, 1.807) is 29.2 Å². The molecule has 144 valence electrons. The summed E-state index contributed by atoms with van der Waals surface area (Å²) >= 11 is 0. The average Bonchev–Trinajstić information content (AvgIpc) is 3.04. The van der Waals surface area contributed by atoms with Crippen molar-refractivity contribution >= 4 is 11.6 Å². The van der Waals surface area contributed by atoms with Crippen molar-refractivity contribution in [3.8, 4) is 11.4 Å². The third-order valence-corrected chi connectivity index (χ3v) is 3.73. The molecule has 1 saturated heterocycles. The van der Waals surface area contributed by atoms with Crippen molar-refractivity contribution in [2.24, 2.45) is 5.16 Å². The monoisotopic (exact) mass is 382 g/mol. The highest BCUT2D eigenvalue weighted by Gasteiger charge is 2.38. The number of nitrogens with zero attached hydrogens (tertiary/aromatic N) is 4. The number of rotatable bonds is 5. The summed E-state index contributed by atoms with van der Waals surface area (Å²) < 4.78 is 41.7. The Kier molecular flexibility index (Phi) is 5.15. The molecule has 0 unspecified atom stereocenters. The zero-order chi connectivity index (χ0) is 19.6. The van der Waals surface area contributed by atoms with Crippen LogP contribution in [0.3, 0.4) is 0 Å². The van der Waals surface area contributed by atoms with Gasteiger partial charge in [-0.3, -0.25) is 4.79 Å². The molecule has 1 aromatic carbocycles. The first-order chi connectivity index (χ1) is 12.7. The van der Waals surface area contributed by atoms with Crippen LogP contribution in [0.15, 0.2) is 33.9 Å². The number of aromatic nitrogens is 2. The van der Waals surface area contributed by atoms with Crippen LogP contribution in [-0.4, -0.2) is 45.9 Å². The summed E-state index contributed by atoms with van der Waals surface area (Å²) in [5.74, 6) is -1.62. The van der Waals surface area contributed by atoms with Gasteiger partial charge >= 0.3 is 12.1 Å². The summed E-state index contributed by atoms with van der Waals surface area (Å²) in [6.07, 6.45) is -4.51. The number of benzene rings is 1. The SMILES string of the molecule is CC(C)ON=C1CN(C(=O)Cc2ccc(-c3noc(C(F)(F)F)n3)cc2)C1. The summed E-state index contributed by atoms with van der Waals surface area (Å²) in [5.41, 5.74) is 1.91. The van der Waals surface area contributed by atoms with E-state index in [0.717, 1.165) is 11.3 Å². The number of amides is 1. The molecule has 1 aliphatic rings. The number of oxime groups is 1. The van der Waals surface area contributed by atoms with Gasteiger partial charge in [0.05, 0.1) is 25.2 Å². The van der Waals surface area contributed by atoms with Gasteiger partial charge in [-0.05, 0) is 19.4 Å². The predicted molar refractivity (Wildman–Crippen MR) is 88.7 cm³/mol. The van der Waals surface area contributed by atoms with Gasteiger partial charge in [-0.2, -0.15) is 18.2 Å². The lowest BCUT2D eigenvalue weighted by atomic mass is 10.1. The van der Waals surface area contributed by atoms with Gasteiger partial charge in [-0.15, -0.1) is 0 Å². The lowest BCUT2D eigenvalue weighted by Gasteiger charge is -2.32. The Labute approximate surface area is 152 Å². The maximum absolute atomic E-state index is 12.5. The fourth-order valence-electron chi connectivity index (χ4n) is 2.32. The van der Waals surface area contributed by atoms with Crippen molar-refractivity contribution < 1.29 is 27.3 Å². The fraction of sp³-hybridized carbons (Fsp3) is 0.412. The van der Waals surface area contributed by atoms with Crippen LogP contribution in [0.5, 0.6) is 0 Å². The topological polar surface area (TPSA) is 80.8 Å². The molecule has 0 aliphatic carbocycles. The second-order valence-electron chi connectivity index (χ2n) is 6.36. The van der Waals surface area contributed by atoms with Gasteiger partial charge in [0.15, 0.2) is 0 Å². The minimum absolute atomic E-state index is 0.00724. The molecule has 0 radical (unpaired) electrons. The number of carbonyl (C=O) groups excluding carboxylic acids is 1. The summed E-state index contributed by atoms with van der Waals surface area (Å²) in [6.45, 7) is 4.61. The smallest absolute Gasteiger partial charge is 0.393 e. The van der Waals surface area contributed by atoms with E-state index in [1.807, 2.05) is 13.8 Å². The van der Waals surface area contributed by atoms with Crippen molar-refractivity contribution in [1.82, 2.24) is 15.0 Å². The minimum Gasteiger partial charge on any atom is -0.393 e. The summed E-state index contributed by atoms with van der Waals surface area (Å²) in [4.78, 5) is 22.3. The molecule has 2 heterocycles. The third kappa shape index (κ3) is 4.63. The van der Waals surface area contributed by atoms with Crippen molar-refractivity contribution in [3.05, 3.63) is 35.7 Å². The molecule has 7 nitrogen and oxygen atoms in total. The number of hydrogen-bond acceptors (Lipinski definition) is 6. The van der Waals surface area contributed by atoms with E-state index < -0.39 is 12.1 Å². The average molecular weight is 382 g/mol. The maximum Gasteiger partial charge on any atom is 0.471 e. The molecular weight excluding hydrogens is 365 g/mol. The van der Waals surface area contributed by atoms with E-state index in [9.17, 15) is 18.0 Å². The molecule has 0 atom stereocenters. The molecule has 0 N–H and O–H groups in total. The first kappa shape index (κ1) is 18.9. The molecule has 0 saturated carbocycles. The van der Waals surface area contributed by atoms with Crippen LogP contribution in [0.1, 0.15) is 25.3 Å². The highest BCUT2D eigenvalue weighted by molar-refractivity contribution is 5.99. The van der Waals surface area contributed by atoms with E-state index in [-0.39, 0.29) is 24.3 Å². The Morgan fingerprint density at radius 1 is 1.30 bits per heavy atom. The van der Waals surface area contributed by atoms with Gasteiger partial charge in [0.2, 0.25) is 11.7 Å². The zero-order valence-electron chi connectivity index (χ0n) is 14.7. The van der Waals surface area contributed by atoms with Gasteiger partial charge in [0.1, 0.15) is 6.10 Å². The quantitative estimate of drug-likeness (QED) is 0.743. The molecule has 10 heteroatoms. The highest BCUT2D eigenvalue weighted by atomic mass is 19.4. The van der Waals surface area contributed by atoms with Crippen LogP contribution in [0.25, 0.3) is 11.4 Å². The summed E-state index contributed by atoms with van der Waals surface area (Å²) in [6, 6.07) is 6.39. The van der Waals surface area contributed by atoms with Gasteiger partial charge in [0, 0.05) is 5.56 Å². The lowest BCUT2D eigenvalue weighted by molar-refractivity contribution is -0.159. The molecule has 0 spiro atoms. The summed E-state index contributed by atoms with van der Waals surface area (Å²) in [5, 5.41) is 7.28. The van der Waals surface area contributed by atoms with Gasteiger partial charge in [-0.25, -0.2) is 0 Å². The van der Waals surface area contributed by atoms with Gasteiger partial charge < -0.3 is 14.3 Å². The number of likely N-dealkylation sites (tertiary alicyclic amines) is 1. The number of hydrogen-bond donors (Lipinski definition) is 0. The number of halogens is 3. The molecule has 0 bridgehead atoms. The molecule has 1 aliphatic heterocycles. The normalized spacial score (nSPS) is 14.3. The van der Waals surface area contributed by atoms with Crippen molar-refractivity contribution in [1.29, 1.82) is 0 Å². The third-order valence-electron chi connectivity index (χ3n) is 3.73. The minimum atomic E-state index is -4.68. The molecule has 2 aromatic rings. The Bertz CT molecular complexity index is 836. The predicted octanol–water partition coefficient (Wildman–Crippen LogP) is 2.92. The van der Waals surface area contributed by atoms with E-state index in [0.29, 0.717) is 18.7 Å². The molecular formula is C17H17F3N4O3. The number of alkyl halides is 3. The first-order valence-corrected chi connectivity index (χ1v) is 8.22. The van der Waals surface area contributed by atoms with Crippen LogP contribution in [0.4, 0.5) is 13.2 Å². The molecule has 1 amide bonds. The maximum atomic E-state index is 12.5. The first-order valence-electron chi connectivity index (χ1n) is 8.22. The van der Waals surface area contributed by atoms with E-state index in [4.69, 9.17) is 4.84 Å². The fourth-order valence-corrected chi connectivity index (χ4v) is 2.32. The highest BCUT2D eigenvalue weighted by Crippen LogP contribution is 2.29. The van der Waals surface area contributed by atoms with E-state index in [1.165, 1.54) is 0 Å². The second kappa shape index (κ2) is 7.37. The number of carbonyl (C=O) groups is 1. The van der Waals surface area contributed by atoms with Crippen LogP contribution in [-0.2, 0) is 22.2 Å². The lowest BCUT2D eigenvalue weighted by Crippen LogP contribution is -2.51. The van der Waals surface area contributed by atoms with E-state index in [2.05, 4.69) is 19.8 Å². The van der Waals surface area contributed by atoms with Crippen LogP contribution in [0, 0.1) is 0 Å². The van der Waals surface area contributed by atoms with Crippen molar-refractivity contribution in [3.63, 3.8) is 0 Å². The molecule has 3 rings (SSSR count). The largest absolute Gasteiger partial charge is 0.471 e. The zero-order valence-corrected chi connectivity index (χ0v) is 14.7. The summed E-state index contributed by atoms with van der Waals surface area (Å²) in [7, 11) is 0.